The maximum atomic E-state index is 6.25. The van der Waals surface area contributed by atoms with Gasteiger partial charge in [0.25, 0.3) is 0 Å². The van der Waals surface area contributed by atoms with E-state index in [1.165, 1.54) is 11.1 Å². The summed E-state index contributed by atoms with van der Waals surface area (Å²) >= 11 is 15.8. The zero-order chi connectivity index (χ0) is 19.4. The lowest BCUT2D eigenvalue weighted by Crippen LogP contribution is -2.05. The predicted octanol–water partition coefficient (Wildman–Crippen LogP) is 7.56. The maximum Gasteiger partial charge on any atom is 0.124 e. The van der Waals surface area contributed by atoms with Gasteiger partial charge in [-0.1, -0.05) is 62.9 Å². The molecular weight excluding hydrogens is 445 g/mol. The summed E-state index contributed by atoms with van der Waals surface area (Å²) in [6, 6.07) is 17.8. The molecule has 3 rings (SSSR count). The predicted molar refractivity (Wildman–Crippen MR) is 118 cm³/mol. The molecule has 0 radical (unpaired) electrons. The molecule has 0 bridgehead atoms. The third-order valence-electron chi connectivity index (χ3n) is 4.27. The Bertz CT molecular complexity index is 959. The molecule has 0 fully saturated rings. The molecule has 0 atom stereocenters. The number of aryl methyl sites for hydroxylation is 2. The quantitative estimate of drug-likeness (QED) is 0.406. The summed E-state index contributed by atoms with van der Waals surface area (Å²) < 4.78 is 7.06. The molecule has 2 nitrogen and oxygen atoms in total. The van der Waals surface area contributed by atoms with E-state index in [0.717, 1.165) is 27.0 Å². The Kier molecular flexibility index (Phi) is 6.69. The van der Waals surface area contributed by atoms with E-state index in [1.807, 2.05) is 24.3 Å². The van der Waals surface area contributed by atoms with Crippen LogP contribution < -0.4 is 10.1 Å². The van der Waals surface area contributed by atoms with Gasteiger partial charge in [0.05, 0.1) is 0 Å². The fraction of sp³-hybridized carbons (Fsp3) is 0.182. The molecule has 0 aliphatic rings. The van der Waals surface area contributed by atoms with Crippen molar-refractivity contribution in [1.29, 1.82) is 0 Å². The third-order valence-corrected chi connectivity index (χ3v) is 5.35. The highest BCUT2D eigenvalue weighted by molar-refractivity contribution is 9.10. The summed E-state index contributed by atoms with van der Waals surface area (Å²) in [5, 5.41) is 4.72. The normalized spacial score (nSPS) is 10.7. The number of benzene rings is 3. The van der Waals surface area contributed by atoms with Gasteiger partial charge in [-0.25, -0.2) is 0 Å². The van der Waals surface area contributed by atoms with Crippen LogP contribution in [0.5, 0.6) is 5.75 Å². The molecule has 0 unspecified atom stereocenters. The number of anilines is 1. The first-order valence-corrected chi connectivity index (χ1v) is 10.1. The van der Waals surface area contributed by atoms with Crippen LogP contribution in [0.4, 0.5) is 5.69 Å². The van der Waals surface area contributed by atoms with Gasteiger partial charge in [-0.3, -0.25) is 0 Å². The Labute approximate surface area is 178 Å². The van der Waals surface area contributed by atoms with Gasteiger partial charge >= 0.3 is 0 Å². The zero-order valence-electron chi connectivity index (χ0n) is 15.2. The van der Waals surface area contributed by atoms with Crippen LogP contribution in [0.1, 0.15) is 22.3 Å². The van der Waals surface area contributed by atoms with E-state index >= 15 is 0 Å². The van der Waals surface area contributed by atoms with E-state index in [1.54, 1.807) is 6.07 Å². The first-order valence-electron chi connectivity index (χ1n) is 8.58. The molecule has 0 saturated heterocycles. The molecule has 0 saturated carbocycles. The van der Waals surface area contributed by atoms with E-state index in [9.17, 15) is 0 Å². The van der Waals surface area contributed by atoms with Gasteiger partial charge in [-0.15, -0.1) is 0 Å². The molecule has 140 valence electrons. The van der Waals surface area contributed by atoms with Crippen molar-refractivity contribution in [3.8, 4) is 5.75 Å². The first kappa shape index (κ1) is 20.1. The smallest absolute Gasteiger partial charge is 0.124 e. The third kappa shape index (κ3) is 5.41. The van der Waals surface area contributed by atoms with Crippen molar-refractivity contribution < 1.29 is 4.74 Å². The second kappa shape index (κ2) is 9.01. The molecule has 0 aromatic heterocycles. The molecule has 0 aliphatic heterocycles. The van der Waals surface area contributed by atoms with Crippen molar-refractivity contribution in [2.75, 3.05) is 5.32 Å². The van der Waals surface area contributed by atoms with Crippen LogP contribution in [0.2, 0.25) is 10.0 Å². The Morgan fingerprint density at radius 2 is 1.74 bits per heavy atom. The van der Waals surface area contributed by atoms with Crippen LogP contribution in [0.15, 0.2) is 59.1 Å². The van der Waals surface area contributed by atoms with E-state index in [-0.39, 0.29) is 0 Å². The minimum Gasteiger partial charge on any atom is -0.488 e. The molecule has 27 heavy (non-hydrogen) atoms. The van der Waals surface area contributed by atoms with Crippen LogP contribution >= 0.6 is 39.1 Å². The van der Waals surface area contributed by atoms with Crippen molar-refractivity contribution in [2.45, 2.75) is 27.0 Å². The van der Waals surface area contributed by atoms with Crippen LogP contribution in [0.3, 0.4) is 0 Å². The summed E-state index contributed by atoms with van der Waals surface area (Å²) in [5.41, 5.74) is 5.56. The van der Waals surface area contributed by atoms with Crippen LogP contribution in [-0.4, -0.2) is 0 Å². The minimum absolute atomic E-state index is 0.383. The monoisotopic (exact) mass is 463 g/mol. The lowest BCUT2D eigenvalue weighted by Gasteiger charge is -2.15. The van der Waals surface area contributed by atoms with Gasteiger partial charge in [-0.05, 0) is 55.8 Å². The molecule has 1 N–H and O–H groups in total. The highest BCUT2D eigenvalue weighted by atomic mass is 79.9. The first-order chi connectivity index (χ1) is 12.9. The Morgan fingerprint density at radius 1 is 0.926 bits per heavy atom. The summed E-state index contributed by atoms with van der Waals surface area (Å²) in [5.74, 6) is 0.821. The summed E-state index contributed by atoms with van der Waals surface area (Å²) in [7, 11) is 0. The lowest BCUT2D eigenvalue weighted by atomic mass is 10.1. The van der Waals surface area contributed by atoms with E-state index in [0.29, 0.717) is 23.2 Å². The second-order valence-corrected chi connectivity index (χ2v) is 8.21. The van der Waals surface area contributed by atoms with Gasteiger partial charge in [0.1, 0.15) is 12.4 Å². The van der Waals surface area contributed by atoms with Gasteiger partial charge in [0.2, 0.25) is 0 Å². The summed E-state index contributed by atoms with van der Waals surface area (Å²) in [4.78, 5) is 0. The number of halogens is 3. The second-order valence-electron chi connectivity index (χ2n) is 6.45. The standard InChI is InChI=1S/C22H20BrCl2NO/c1-14-3-7-21(15(2)9-14)26-12-17-10-18(23)5-8-22(17)27-13-16-4-6-19(24)11-20(16)25/h3-11,26H,12-13H2,1-2H3. The zero-order valence-corrected chi connectivity index (χ0v) is 18.3. The van der Waals surface area contributed by atoms with Gasteiger partial charge < -0.3 is 10.1 Å². The van der Waals surface area contributed by atoms with Crippen LogP contribution in [0, 0.1) is 13.8 Å². The minimum atomic E-state index is 0.383. The molecule has 0 spiro atoms. The molecule has 0 amide bonds. The van der Waals surface area contributed by atoms with Gasteiger partial charge in [-0.2, -0.15) is 0 Å². The lowest BCUT2D eigenvalue weighted by molar-refractivity contribution is 0.303. The number of nitrogens with one attached hydrogen (secondary N) is 1. The fourth-order valence-corrected chi connectivity index (χ4v) is 3.70. The number of hydrogen-bond donors (Lipinski definition) is 1. The molecule has 5 heteroatoms. The van der Waals surface area contributed by atoms with Crippen molar-refractivity contribution >= 4 is 44.8 Å². The van der Waals surface area contributed by atoms with E-state index in [4.69, 9.17) is 27.9 Å². The number of ether oxygens (including phenoxy) is 1. The Balaban J connectivity index is 1.74. The van der Waals surface area contributed by atoms with Crippen LogP contribution in [0.25, 0.3) is 0 Å². The number of hydrogen-bond acceptors (Lipinski definition) is 2. The molecule has 0 heterocycles. The highest BCUT2D eigenvalue weighted by Gasteiger charge is 2.08. The van der Waals surface area contributed by atoms with Crippen molar-refractivity contribution in [2.24, 2.45) is 0 Å². The molecule has 0 aliphatic carbocycles. The SMILES string of the molecule is Cc1ccc(NCc2cc(Br)ccc2OCc2ccc(Cl)cc2Cl)c(C)c1. The largest absolute Gasteiger partial charge is 0.488 e. The van der Waals surface area contributed by atoms with Crippen molar-refractivity contribution in [3.63, 3.8) is 0 Å². The van der Waals surface area contributed by atoms with Crippen LogP contribution in [-0.2, 0) is 13.2 Å². The number of rotatable bonds is 6. The average Bonchev–Trinajstić information content (AvgIpc) is 2.61. The molecule has 3 aromatic rings. The van der Waals surface area contributed by atoms with Crippen molar-refractivity contribution in [1.82, 2.24) is 0 Å². The van der Waals surface area contributed by atoms with E-state index in [2.05, 4.69) is 59.4 Å². The Morgan fingerprint density at radius 3 is 2.48 bits per heavy atom. The summed E-state index contributed by atoms with van der Waals surface area (Å²) in [6.45, 7) is 5.25. The summed E-state index contributed by atoms with van der Waals surface area (Å²) in [6.07, 6.45) is 0. The van der Waals surface area contributed by atoms with Crippen molar-refractivity contribution in [3.05, 3.63) is 91.4 Å². The maximum absolute atomic E-state index is 6.25. The highest BCUT2D eigenvalue weighted by Crippen LogP contribution is 2.28. The average molecular weight is 465 g/mol. The fourth-order valence-electron chi connectivity index (χ4n) is 2.82. The topological polar surface area (TPSA) is 21.3 Å². The van der Waals surface area contributed by atoms with E-state index < -0.39 is 0 Å². The van der Waals surface area contributed by atoms with Gasteiger partial charge in [0, 0.05) is 37.9 Å². The van der Waals surface area contributed by atoms with Gasteiger partial charge in [0.15, 0.2) is 0 Å². The Hall–Kier alpha value is -1.68. The molecular formula is C22H20BrCl2NO. The molecule has 3 aromatic carbocycles.